The highest BCUT2D eigenvalue weighted by atomic mass is 19.1. The highest BCUT2D eigenvalue weighted by Crippen LogP contribution is 2.31. The number of aliphatic hydroxyl groups excluding tert-OH is 1. The molecule has 0 saturated heterocycles. The van der Waals surface area contributed by atoms with Crippen molar-refractivity contribution >= 4 is 11.4 Å². The van der Waals surface area contributed by atoms with Gasteiger partial charge in [0, 0.05) is 24.0 Å². The van der Waals surface area contributed by atoms with Crippen molar-refractivity contribution in [1.82, 2.24) is 0 Å². The number of hydrogen-bond donors (Lipinski definition) is 1. The Labute approximate surface area is 106 Å². The molecule has 0 fully saturated rings. The molecule has 0 spiro atoms. The summed E-state index contributed by atoms with van der Waals surface area (Å²) < 4.78 is 13.2. The first-order valence-electron chi connectivity index (χ1n) is 5.86. The van der Waals surface area contributed by atoms with Crippen LogP contribution in [0.1, 0.15) is 18.6 Å². The van der Waals surface area contributed by atoms with Gasteiger partial charge < -0.3 is 10.0 Å². The van der Waals surface area contributed by atoms with E-state index in [1.165, 1.54) is 12.1 Å². The molecule has 2 aromatic rings. The number of halogens is 1. The molecule has 0 amide bonds. The average molecular weight is 245 g/mol. The van der Waals surface area contributed by atoms with Gasteiger partial charge in [-0.3, -0.25) is 0 Å². The van der Waals surface area contributed by atoms with Gasteiger partial charge in [-0.2, -0.15) is 0 Å². The van der Waals surface area contributed by atoms with Crippen molar-refractivity contribution in [3.8, 4) is 0 Å². The van der Waals surface area contributed by atoms with Crippen LogP contribution >= 0.6 is 0 Å². The normalized spacial score (nSPS) is 12.2. The summed E-state index contributed by atoms with van der Waals surface area (Å²) in [5.74, 6) is -0.337. The fraction of sp³-hybridized carbons (Fsp3) is 0.200. The Bertz CT molecular complexity index is 525. The van der Waals surface area contributed by atoms with Gasteiger partial charge in [0.25, 0.3) is 0 Å². The Hall–Kier alpha value is -1.87. The molecule has 0 aliphatic heterocycles. The summed E-state index contributed by atoms with van der Waals surface area (Å²) in [5, 5.41) is 9.73. The van der Waals surface area contributed by atoms with E-state index in [1.54, 1.807) is 13.0 Å². The van der Waals surface area contributed by atoms with E-state index in [2.05, 4.69) is 0 Å². The van der Waals surface area contributed by atoms with Crippen LogP contribution in [0.3, 0.4) is 0 Å². The number of anilines is 2. The minimum Gasteiger partial charge on any atom is -0.389 e. The van der Waals surface area contributed by atoms with Gasteiger partial charge in [-0.05, 0) is 37.3 Å². The second-order valence-corrected chi connectivity index (χ2v) is 4.27. The van der Waals surface area contributed by atoms with E-state index in [9.17, 15) is 9.50 Å². The maximum absolute atomic E-state index is 13.2. The summed E-state index contributed by atoms with van der Waals surface area (Å²) in [6.45, 7) is 1.64. The van der Waals surface area contributed by atoms with E-state index in [4.69, 9.17) is 0 Å². The van der Waals surface area contributed by atoms with Crippen LogP contribution in [0.4, 0.5) is 15.8 Å². The molecule has 0 saturated carbocycles. The van der Waals surface area contributed by atoms with E-state index in [1.807, 2.05) is 42.3 Å². The Morgan fingerprint density at radius 1 is 1.11 bits per heavy atom. The van der Waals surface area contributed by atoms with Gasteiger partial charge in [0.05, 0.1) is 6.10 Å². The maximum Gasteiger partial charge on any atom is 0.123 e. The molecule has 2 aromatic carbocycles. The molecule has 0 aliphatic carbocycles. The highest BCUT2D eigenvalue weighted by molar-refractivity contribution is 5.66. The van der Waals surface area contributed by atoms with Gasteiger partial charge >= 0.3 is 0 Å². The molecule has 2 nitrogen and oxygen atoms in total. The lowest BCUT2D eigenvalue weighted by atomic mass is 10.1. The van der Waals surface area contributed by atoms with Crippen molar-refractivity contribution in [2.24, 2.45) is 0 Å². The van der Waals surface area contributed by atoms with Crippen LogP contribution < -0.4 is 4.90 Å². The lowest BCUT2D eigenvalue weighted by Crippen LogP contribution is -2.13. The number of benzene rings is 2. The molecule has 94 valence electrons. The molecule has 3 heteroatoms. The zero-order valence-corrected chi connectivity index (χ0v) is 10.5. The van der Waals surface area contributed by atoms with Gasteiger partial charge in [0.1, 0.15) is 5.82 Å². The van der Waals surface area contributed by atoms with Crippen molar-refractivity contribution in [2.45, 2.75) is 13.0 Å². The first-order valence-corrected chi connectivity index (χ1v) is 5.86. The van der Waals surface area contributed by atoms with E-state index >= 15 is 0 Å². The van der Waals surface area contributed by atoms with Crippen LogP contribution in [0.15, 0.2) is 48.5 Å². The minimum atomic E-state index is -0.707. The van der Waals surface area contributed by atoms with Crippen LogP contribution in [-0.2, 0) is 0 Å². The molecule has 1 atom stereocenters. The van der Waals surface area contributed by atoms with Crippen LogP contribution in [0.25, 0.3) is 0 Å². The third kappa shape index (κ3) is 2.51. The van der Waals surface area contributed by atoms with Crippen molar-refractivity contribution in [3.63, 3.8) is 0 Å². The summed E-state index contributed by atoms with van der Waals surface area (Å²) in [6, 6.07) is 14.2. The van der Waals surface area contributed by atoms with E-state index in [0.29, 0.717) is 5.56 Å². The third-order valence-electron chi connectivity index (χ3n) is 2.94. The van der Waals surface area contributed by atoms with Crippen LogP contribution in [0, 0.1) is 5.82 Å². The maximum atomic E-state index is 13.2. The Morgan fingerprint density at radius 3 is 2.39 bits per heavy atom. The number of para-hydroxylation sites is 1. The predicted octanol–water partition coefficient (Wildman–Crippen LogP) is 3.65. The monoisotopic (exact) mass is 245 g/mol. The Kier molecular flexibility index (Phi) is 3.63. The lowest BCUT2D eigenvalue weighted by Gasteiger charge is -2.23. The summed E-state index contributed by atoms with van der Waals surface area (Å²) in [7, 11) is 1.90. The number of nitrogens with zero attached hydrogens (tertiary/aromatic N) is 1. The first kappa shape index (κ1) is 12.6. The number of hydrogen-bond acceptors (Lipinski definition) is 2. The van der Waals surface area contributed by atoms with Gasteiger partial charge in [-0.25, -0.2) is 4.39 Å². The molecule has 0 heterocycles. The molecule has 0 aromatic heterocycles. The quantitative estimate of drug-likeness (QED) is 0.892. The van der Waals surface area contributed by atoms with Crippen LogP contribution in [0.2, 0.25) is 0 Å². The summed E-state index contributed by atoms with van der Waals surface area (Å²) in [4.78, 5) is 1.93. The van der Waals surface area contributed by atoms with Crippen molar-refractivity contribution < 1.29 is 9.50 Å². The van der Waals surface area contributed by atoms with E-state index in [0.717, 1.165) is 11.4 Å². The standard InChI is InChI=1S/C15H16FNO/c1-11(18)14-10-12(16)8-9-15(14)17(2)13-6-4-3-5-7-13/h3-11,18H,1-2H3/t11-/m0/s1. The second kappa shape index (κ2) is 5.19. The summed E-state index contributed by atoms with van der Waals surface area (Å²) in [6.07, 6.45) is -0.707. The molecule has 2 rings (SSSR count). The highest BCUT2D eigenvalue weighted by Gasteiger charge is 2.13. The topological polar surface area (TPSA) is 23.5 Å². The van der Waals surface area contributed by atoms with Gasteiger partial charge in [-0.1, -0.05) is 18.2 Å². The second-order valence-electron chi connectivity index (χ2n) is 4.27. The molecule has 1 N–H and O–H groups in total. The average Bonchev–Trinajstić information content (AvgIpc) is 2.39. The Balaban J connectivity index is 2.45. The number of aliphatic hydroxyl groups is 1. The van der Waals surface area contributed by atoms with E-state index < -0.39 is 6.10 Å². The predicted molar refractivity (Wildman–Crippen MR) is 71.5 cm³/mol. The van der Waals surface area contributed by atoms with Crippen molar-refractivity contribution in [2.75, 3.05) is 11.9 Å². The largest absolute Gasteiger partial charge is 0.389 e. The third-order valence-corrected chi connectivity index (χ3v) is 2.94. The molecule has 0 aliphatic rings. The van der Waals surface area contributed by atoms with Gasteiger partial charge in [0.15, 0.2) is 0 Å². The molecule has 0 radical (unpaired) electrons. The molecule has 18 heavy (non-hydrogen) atoms. The van der Waals surface area contributed by atoms with Crippen molar-refractivity contribution in [1.29, 1.82) is 0 Å². The van der Waals surface area contributed by atoms with E-state index in [-0.39, 0.29) is 5.82 Å². The zero-order valence-electron chi connectivity index (χ0n) is 10.5. The fourth-order valence-corrected chi connectivity index (χ4v) is 1.96. The molecule has 0 unspecified atom stereocenters. The number of rotatable bonds is 3. The van der Waals surface area contributed by atoms with Gasteiger partial charge in [-0.15, -0.1) is 0 Å². The van der Waals surface area contributed by atoms with Crippen molar-refractivity contribution in [3.05, 3.63) is 59.9 Å². The van der Waals surface area contributed by atoms with Gasteiger partial charge in [0.2, 0.25) is 0 Å². The summed E-state index contributed by atoms with van der Waals surface area (Å²) in [5.41, 5.74) is 2.38. The molecule has 0 bridgehead atoms. The molecular weight excluding hydrogens is 229 g/mol. The fourth-order valence-electron chi connectivity index (χ4n) is 1.96. The minimum absolute atomic E-state index is 0.337. The van der Waals surface area contributed by atoms with Crippen LogP contribution in [0.5, 0.6) is 0 Å². The Morgan fingerprint density at radius 2 is 1.78 bits per heavy atom. The zero-order chi connectivity index (χ0) is 13.1. The first-order chi connectivity index (χ1) is 8.59. The molecular formula is C15H16FNO. The van der Waals surface area contributed by atoms with Crippen LogP contribution in [-0.4, -0.2) is 12.2 Å². The SMILES string of the molecule is C[C@H](O)c1cc(F)ccc1N(C)c1ccccc1. The lowest BCUT2D eigenvalue weighted by molar-refractivity contribution is 0.199. The summed E-state index contributed by atoms with van der Waals surface area (Å²) >= 11 is 0. The smallest absolute Gasteiger partial charge is 0.123 e.